The van der Waals surface area contributed by atoms with Crippen molar-refractivity contribution >= 4 is 0 Å². The van der Waals surface area contributed by atoms with Gasteiger partial charge in [-0.2, -0.15) is 0 Å². The molecule has 0 aliphatic heterocycles. The molecule has 0 saturated heterocycles. The fourth-order valence-corrected chi connectivity index (χ4v) is 3.48. The van der Waals surface area contributed by atoms with E-state index in [0.717, 1.165) is 12.2 Å². The maximum atomic E-state index is 6.33. The number of ether oxygens (including phenoxy) is 1. The molecule has 0 radical (unpaired) electrons. The monoisotopic (exact) mass is 289 g/mol. The van der Waals surface area contributed by atoms with Gasteiger partial charge >= 0.3 is 0 Å². The van der Waals surface area contributed by atoms with E-state index in [1.807, 2.05) is 0 Å². The molecule has 2 heteroatoms. The van der Waals surface area contributed by atoms with Gasteiger partial charge in [-0.3, -0.25) is 0 Å². The van der Waals surface area contributed by atoms with Crippen LogP contribution < -0.4 is 10.5 Å². The standard InChI is InChI=1S/C19H31NO/c1-12-9-14(3)18(16(20)10-12)21-17-8-7-15(11-13(17)2)19(4,5)6/h7-8,11-12,14,16,18H,9-10,20H2,1-6H3. The van der Waals surface area contributed by atoms with Crippen LogP contribution in [-0.2, 0) is 5.41 Å². The van der Waals surface area contributed by atoms with E-state index in [0.29, 0.717) is 11.8 Å². The van der Waals surface area contributed by atoms with Crippen molar-refractivity contribution < 1.29 is 4.74 Å². The van der Waals surface area contributed by atoms with E-state index in [2.05, 4.69) is 59.7 Å². The van der Waals surface area contributed by atoms with Gasteiger partial charge < -0.3 is 10.5 Å². The van der Waals surface area contributed by atoms with Crippen molar-refractivity contribution in [3.63, 3.8) is 0 Å². The zero-order valence-corrected chi connectivity index (χ0v) is 14.4. The van der Waals surface area contributed by atoms with Gasteiger partial charge in [0, 0.05) is 6.04 Å². The summed E-state index contributed by atoms with van der Waals surface area (Å²) in [5, 5.41) is 0. The Balaban J connectivity index is 2.16. The maximum absolute atomic E-state index is 6.33. The first-order chi connectivity index (χ1) is 9.68. The molecule has 0 aromatic heterocycles. The number of hydrogen-bond acceptors (Lipinski definition) is 2. The number of aryl methyl sites for hydroxylation is 1. The van der Waals surface area contributed by atoms with Crippen LogP contribution in [-0.4, -0.2) is 12.1 Å². The molecule has 21 heavy (non-hydrogen) atoms. The normalized spacial score (nSPS) is 30.2. The van der Waals surface area contributed by atoms with E-state index in [1.165, 1.54) is 17.5 Å². The summed E-state index contributed by atoms with van der Waals surface area (Å²) in [5.74, 6) is 2.22. The maximum Gasteiger partial charge on any atom is 0.122 e. The topological polar surface area (TPSA) is 35.2 Å². The highest BCUT2D eigenvalue weighted by atomic mass is 16.5. The van der Waals surface area contributed by atoms with E-state index in [1.54, 1.807) is 0 Å². The van der Waals surface area contributed by atoms with Gasteiger partial charge in [0.05, 0.1) is 0 Å². The van der Waals surface area contributed by atoms with Crippen molar-refractivity contribution in [1.82, 2.24) is 0 Å². The van der Waals surface area contributed by atoms with Crippen molar-refractivity contribution in [3.8, 4) is 5.75 Å². The summed E-state index contributed by atoms with van der Waals surface area (Å²) in [6, 6.07) is 6.69. The fourth-order valence-electron chi connectivity index (χ4n) is 3.48. The van der Waals surface area contributed by atoms with Crippen LogP contribution in [0.4, 0.5) is 0 Å². The second-order valence-electron chi connectivity index (χ2n) is 8.03. The van der Waals surface area contributed by atoms with Crippen molar-refractivity contribution in [2.45, 2.75) is 71.9 Å². The Morgan fingerprint density at radius 3 is 2.33 bits per heavy atom. The second kappa shape index (κ2) is 6.00. The molecule has 4 unspecified atom stereocenters. The third-order valence-electron chi connectivity index (χ3n) is 4.74. The van der Waals surface area contributed by atoms with Gasteiger partial charge in [0.25, 0.3) is 0 Å². The van der Waals surface area contributed by atoms with Crippen LogP contribution in [0.1, 0.15) is 58.6 Å². The molecular formula is C19H31NO. The van der Waals surface area contributed by atoms with Gasteiger partial charge in [-0.05, 0) is 54.2 Å². The van der Waals surface area contributed by atoms with E-state index >= 15 is 0 Å². The summed E-state index contributed by atoms with van der Waals surface area (Å²) < 4.78 is 6.30. The number of hydrogen-bond donors (Lipinski definition) is 1. The Labute approximate surface area is 130 Å². The Kier molecular flexibility index (Phi) is 4.67. The molecule has 118 valence electrons. The molecule has 2 N–H and O–H groups in total. The molecule has 1 saturated carbocycles. The van der Waals surface area contributed by atoms with Crippen molar-refractivity contribution in [1.29, 1.82) is 0 Å². The Morgan fingerprint density at radius 2 is 1.81 bits per heavy atom. The average molecular weight is 289 g/mol. The summed E-state index contributed by atoms with van der Waals surface area (Å²) in [7, 11) is 0. The Morgan fingerprint density at radius 1 is 1.14 bits per heavy atom. The van der Waals surface area contributed by atoms with Crippen molar-refractivity contribution in [3.05, 3.63) is 29.3 Å². The summed E-state index contributed by atoms with van der Waals surface area (Å²) in [4.78, 5) is 0. The predicted octanol–water partition coefficient (Wildman–Crippen LogP) is 4.43. The quantitative estimate of drug-likeness (QED) is 0.874. The third kappa shape index (κ3) is 3.79. The number of rotatable bonds is 2. The molecule has 0 heterocycles. The summed E-state index contributed by atoms with van der Waals surface area (Å²) in [5.41, 5.74) is 9.06. The first-order valence-electron chi connectivity index (χ1n) is 8.22. The molecule has 1 aromatic rings. The van der Waals surface area contributed by atoms with Crippen molar-refractivity contribution in [2.75, 3.05) is 0 Å². The number of nitrogens with two attached hydrogens (primary N) is 1. The largest absolute Gasteiger partial charge is 0.488 e. The van der Waals surface area contributed by atoms with E-state index in [9.17, 15) is 0 Å². The minimum atomic E-state index is 0.139. The smallest absolute Gasteiger partial charge is 0.122 e. The van der Waals surface area contributed by atoms with Gasteiger partial charge in [0.1, 0.15) is 11.9 Å². The highest BCUT2D eigenvalue weighted by Gasteiger charge is 2.33. The van der Waals surface area contributed by atoms with Crippen LogP contribution in [0.15, 0.2) is 18.2 Å². The molecule has 0 spiro atoms. The first kappa shape index (κ1) is 16.4. The molecule has 0 bridgehead atoms. The zero-order chi connectivity index (χ0) is 15.8. The third-order valence-corrected chi connectivity index (χ3v) is 4.74. The van der Waals surface area contributed by atoms with Crippen LogP contribution in [0.5, 0.6) is 5.75 Å². The molecule has 0 amide bonds. The van der Waals surface area contributed by atoms with Gasteiger partial charge in [-0.25, -0.2) is 0 Å². The number of benzene rings is 1. The Bertz CT molecular complexity index is 477. The molecule has 1 fully saturated rings. The van der Waals surface area contributed by atoms with Crippen LogP contribution in [0, 0.1) is 18.8 Å². The second-order valence-corrected chi connectivity index (χ2v) is 8.03. The highest BCUT2D eigenvalue weighted by molar-refractivity contribution is 5.39. The molecule has 2 rings (SSSR count). The summed E-state index contributed by atoms with van der Waals surface area (Å²) >= 11 is 0. The van der Waals surface area contributed by atoms with Crippen LogP contribution in [0.25, 0.3) is 0 Å². The van der Waals surface area contributed by atoms with Gasteiger partial charge in [0.15, 0.2) is 0 Å². The van der Waals surface area contributed by atoms with Crippen LogP contribution in [0.2, 0.25) is 0 Å². The highest BCUT2D eigenvalue weighted by Crippen LogP contribution is 2.33. The lowest BCUT2D eigenvalue weighted by Crippen LogP contribution is -2.48. The van der Waals surface area contributed by atoms with Crippen LogP contribution >= 0.6 is 0 Å². The first-order valence-corrected chi connectivity index (χ1v) is 8.22. The van der Waals surface area contributed by atoms with Gasteiger partial charge in [0.2, 0.25) is 0 Å². The lowest BCUT2D eigenvalue weighted by molar-refractivity contribution is 0.0620. The van der Waals surface area contributed by atoms with Gasteiger partial charge in [-0.1, -0.05) is 46.8 Å². The van der Waals surface area contributed by atoms with Crippen LogP contribution in [0.3, 0.4) is 0 Å². The lowest BCUT2D eigenvalue weighted by Gasteiger charge is -2.38. The molecule has 1 aromatic carbocycles. The SMILES string of the molecule is Cc1cc(C(C)(C)C)ccc1OC1C(C)CC(C)CC1N. The average Bonchev–Trinajstić information content (AvgIpc) is 2.33. The summed E-state index contributed by atoms with van der Waals surface area (Å²) in [6.07, 6.45) is 2.41. The fraction of sp³-hybridized carbons (Fsp3) is 0.684. The zero-order valence-electron chi connectivity index (χ0n) is 14.4. The van der Waals surface area contributed by atoms with E-state index in [-0.39, 0.29) is 17.6 Å². The summed E-state index contributed by atoms with van der Waals surface area (Å²) in [6.45, 7) is 13.4. The van der Waals surface area contributed by atoms with Gasteiger partial charge in [-0.15, -0.1) is 0 Å². The molecular weight excluding hydrogens is 258 g/mol. The lowest BCUT2D eigenvalue weighted by atomic mass is 9.78. The predicted molar refractivity (Wildman–Crippen MR) is 89.8 cm³/mol. The molecule has 1 aliphatic rings. The van der Waals surface area contributed by atoms with E-state index < -0.39 is 0 Å². The minimum absolute atomic E-state index is 0.139. The van der Waals surface area contributed by atoms with Crippen molar-refractivity contribution in [2.24, 2.45) is 17.6 Å². The molecule has 1 aliphatic carbocycles. The van der Waals surface area contributed by atoms with E-state index in [4.69, 9.17) is 10.5 Å². The minimum Gasteiger partial charge on any atom is -0.488 e. The Hall–Kier alpha value is -1.02. The molecule has 4 atom stereocenters. The molecule has 2 nitrogen and oxygen atoms in total.